The lowest BCUT2D eigenvalue weighted by molar-refractivity contribution is -0.698. The molecule has 20 heavy (non-hydrogen) atoms. The van der Waals surface area contributed by atoms with E-state index in [2.05, 4.69) is 43.8 Å². The minimum Gasteiger partial charge on any atom is -0.205 e. The predicted octanol–water partition coefficient (Wildman–Crippen LogP) is 5.24. The summed E-state index contributed by atoms with van der Waals surface area (Å²) in [7, 11) is 0. The minimum absolute atomic E-state index is 1.18. The second kappa shape index (κ2) is 10.9. The Bertz CT molecular complexity index is 329. The minimum atomic E-state index is 1.18. The smallest absolute Gasteiger partial charge is 0.171 e. The fraction of sp³-hybridized carbons (Fsp3) is 0.737. The van der Waals surface area contributed by atoms with E-state index in [1.165, 1.54) is 70.8 Å². The molecule has 0 N–H and O–H groups in total. The van der Waals surface area contributed by atoms with Gasteiger partial charge in [-0.2, -0.15) is 0 Å². The van der Waals surface area contributed by atoms with Gasteiger partial charge in [-0.05, 0) is 31.7 Å². The Kier molecular flexibility index (Phi) is 9.36. The van der Waals surface area contributed by atoms with Gasteiger partial charge in [-0.25, -0.2) is 4.57 Å². The van der Waals surface area contributed by atoms with Gasteiger partial charge in [0, 0.05) is 17.5 Å². The molecule has 0 amide bonds. The van der Waals surface area contributed by atoms with Gasteiger partial charge in [-0.1, -0.05) is 52.9 Å². The van der Waals surface area contributed by atoms with Gasteiger partial charge in [0.15, 0.2) is 12.4 Å². The molecule has 1 aromatic heterocycles. The van der Waals surface area contributed by atoms with Crippen LogP contribution in [0.5, 0.6) is 0 Å². The van der Waals surface area contributed by atoms with E-state index in [-0.39, 0.29) is 0 Å². The maximum absolute atomic E-state index is 2.45. The Balaban J connectivity index is 2.67. The molecule has 0 fully saturated rings. The first kappa shape index (κ1) is 17.2. The average molecular weight is 276 g/mol. The van der Waals surface area contributed by atoms with Crippen molar-refractivity contribution >= 4 is 0 Å². The van der Waals surface area contributed by atoms with Gasteiger partial charge in [0.1, 0.15) is 6.54 Å². The highest BCUT2D eigenvalue weighted by Crippen LogP contribution is 2.10. The second-order valence-corrected chi connectivity index (χ2v) is 6.06. The van der Waals surface area contributed by atoms with Crippen LogP contribution in [0, 0.1) is 0 Å². The van der Waals surface area contributed by atoms with Crippen molar-refractivity contribution in [3.8, 4) is 0 Å². The molecule has 0 aliphatic heterocycles. The van der Waals surface area contributed by atoms with Crippen molar-refractivity contribution in [3.63, 3.8) is 0 Å². The summed E-state index contributed by atoms with van der Waals surface area (Å²) in [5.41, 5.74) is 3.09. The molecule has 0 aliphatic rings. The third kappa shape index (κ3) is 7.07. The van der Waals surface area contributed by atoms with Crippen molar-refractivity contribution in [2.24, 2.45) is 0 Å². The van der Waals surface area contributed by atoms with Crippen LogP contribution in [0.25, 0.3) is 0 Å². The second-order valence-electron chi connectivity index (χ2n) is 6.06. The first-order valence-electron chi connectivity index (χ1n) is 8.82. The molecule has 0 aromatic carbocycles. The SMILES string of the molecule is CCCCCc1cc(CCCCC)c[n+](CCCC)c1. The summed E-state index contributed by atoms with van der Waals surface area (Å²) in [4.78, 5) is 0. The highest BCUT2D eigenvalue weighted by molar-refractivity contribution is 5.15. The largest absolute Gasteiger partial charge is 0.205 e. The maximum Gasteiger partial charge on any atom is 0.171 e. The molecule has 1 nitrogen and oxygen atoms in total. The maximum atomic E-state index is 2.45. The summed E-state index contributed by atoms with van der Waals surface area (Å²) in [6.45, 7) is 8.01. The highest BCUT2D eigenvalue weighted by atomic mass is 14.9. The first-order chi connectivity index (χ1) is 9.80. The van der Waals surface area contributed by atoms with E-state index >= 15 is 0 Å². The van der Waals surface area contributed by atoms with Gasteiger partial charge in [0.05, 0.1) is 0 Å². The third-order valence-corrected chi connectivity index (χ3v) is 3.94. The number of pyridine rings is 1. The van der Waals surface area contributed by atoms with Gasteiger partial charge in [0.2, 0.25) is 0 Å². The van der Waals surface area contributed by atoms with Gasteiger partial charge >= 0.3 is 0 Å². The van der Waals surface area contributed by atoms with Crippen LogP contribution >= 0.6 is 0 Å². The fourth-order valence-corrected chi connectivity index (χ4v) is 2.68. The van der Waals surface area contributed by atoms with E-state index in [4.69, 9.17) is 0 Å². The van der Waals surface area contributed by atoms with E-state index in [0.29, 0.717) is 0 Å². The Hall–Kier alpha value is -0.850. The molecule has 0 bridgehead atoms. The molecule has 0 atom stereocenters. The summed E-state index contributed by atoms with van der Waals surface area (Å²) < 4.78 is 2.44. The molecule has 0 saturated carbocycles. The molecule has 0 saturated heterocycles. The molecule has 0 unspecified atom stereocenters. The Labute approximate surface area is 126 Å². The number of aryl methyl sites for hydroxylation is 3. The highest BCUT2D eigenvalue weighted by Gasteiger charge is 2.07. The molecule has 114 valence electrons. The van der Waals surface area contributed by atoms with Crippen molar-refractivity contribution in [2.75, 3.05) is 0 Å². The molecule has 0 aliphatic carbocycles. The standard InChI is InChI=1S/C19H34N/c1-4-7-10-12-18-15-19(13-11-8-5-2)17-20(16-18)14-9-6-3/h15-17H,4-14H2,1-3H3/q+1. The molecule has 1 heteroatoms. The molecule has 1 aromatic rings. The molecular formula is C19H34N+. The van der Waals surface area contributed by atoms with Crippen molar-refractivity contribution in [2.45, 2.75) is 91.5 Å². The van der Waals surface area contributed by atoms with Crippen LogP contribution in [0.2, 0.25) is 0 Å². The van der Waals surface area contributed by atoms with E-state index in [1.807, 2.05) is 0 Å². The van der Waals surface area contributed by atoms with Crippen molar-refractivity contribution in [1.82, 2.24) is 0 Å². The fourth-order valence-electron chi connectivity index (χ4n) is 2.68. The van der Waals surface area contributed by atoms with Crippen molar-refractivity contribution < 1.29 is 4.57 Å². The topological polar surface area (TPSA) is 3.88 Å². The van der Waals surface area contributed by atoms with Gasteiger partial charge in [-0.15, -0.1) is 0 Å². The van der Waals surface area contributed by atoms with Crippen LogP contribution in [0.4, 0.5) is 0 Å². The van der Waals surface area contributed by atoms with Crippen molar-refractivity contribution in [3.05, 3.63) is 29.6 Å². The van der Waals surface area contributed by atoms with Gasteiger partial charge in [0.25, 0.3) is 0 Å². The zero-order valence-corrected chi connectivity index (χ0v) is 14.0. The van der Waals surface area contributed by atoms with Gasteiger partial charge < -0.3 is 0 Å². The lowest BCUT2D eigenvalue weighted by Gasteiger charge is -2.06. The summed E-state index contributed by atoms with van der Waals surface area (Å²) >= 11 is 0. The van der Waals surface area contributed by atoms with Crippen LogP contribution in [0.1, 0.15) is 83.3 Å². The van der Waals surface area contributed by atoms with Crippen molar-refractivity contribution in [1.29, 1.82) is 0 Å². The van der Waals surface area contributed by atoms with E-state index in [9.17, 15) is 0 Å². The van der Waals surface area contributed by atoms with Crippen LogP contribution in [0.15, 0.2) is 18.5 Å². The Morgan fingerprint density at radius 3 is 1.65 bits per heavy atom. The molecule has 0 radical (unpaired) electrons. The van der Waals surface area contributed by atoms with E-state index in [1.54, 1.807) is 11.1 Å². The number of unbranched alkanes of at least 4 members (excludes halogenated alkanes) is 5. The zero-order valence-electron chi connectivity index (χ0n) is 14.0. The number of aromatic nitrogens is 1. The summed E-state index contributed by atoms with van der Waals surface area (Å²) in [5, 5.41) is 0. The third-order valence-electron chi connectivity index (χ3n) is 3.94. The van der Waals surface area contributed by atoms with Gasteiger partial charge in [-0.3, -0.25) is 0 Å². The monoisotopic (exact) mass is 276 g/mol. The van der Waals surface area contributed by atoms with Crippen LogP contribution in [-0.4, -0.2) is 0 Å². The number of rotatable bonds is 11. The number of hydrogen-bond acceptors (Lipinski definition) is 0. The first-order valence-corrected chi connectivity index (χ1v) is 8.82. The number of nitrogens with zero attached hydrogens (tertiary/aromatic N) is 1. The predicted molar refractivity (Wildman–Crippen MR) is 88.0 cm³/mol. The molecule has 1 rings (SSSR count). The summed E-state index contributed by atoms with van der Waals surface area (Å²) in [6.07, 6.45) is 17.8. The molecule has 1 heterocycles. The quantitative estimate of drug-likeness (QED) is 0.384. The van der Waals surface area contributed by atoms with Crippen LogP contribution < -0.4 is 4.57 Å². The average Bonchev–Trinajstić information content (AvgIpc) is 2.46. The van der Waals surface area contributed by atoms with Crippen LogP contribution in [-0.2, 0) is 19.4 Å². The molecule has 0 spiro atoms. The summed E-state index contributed by atoms with van der Waals surface area (Å²) in [5.74, 6) is 0. The van der Waals surface area contributed by atoms with Crippen LogP contribution in [0.3, 0.4) is 0 Å². The lowest BCUT2D eigenvalue weighted by Crippen LogP contribution is -2.34. The Morgan fingerprint density at radius 1 is 0.700 bits per heavy atom. The summed E-state index contributed by atoms with van der Waals surface area (Å²) in [6, 6.07) is 2.45. The van der Waals surface area contributed by atoms with E-state index < -0.39 is 0 Å². The molecular weight excluding hydrogens is 242 g/mol. The number of hydrogen-bond donors (Lipinski definition) is 0. The zero-order chi connectivity index (χ0) is 14.6. The Morgan fingerprint density at radius 2 is 1.20 bits per heavy atom. The normalized spacial score (nSPS) is 10.9. The lowest BCUT2D eigenvalue weighted by atomic mass is 10.0. The van der Waals surface area contributed by atoms with E-state index in [0.717, 1.165) is 0 Å².